The summed E-state index contributed by atoms with van der Waals surface area (Å²) in [4.78, 5) is 14.4. The molecule has 0 aliphatic heterocycles. The summed E-state index contributed by atoms with van der Waals surface area (Å²) in [6.45, 7) is 2.24. The molecule has 2 aromatic rings. The molecule has 0 spiro atoms. The SMILES string of the molecule is Cc1ccc([N+](=O)[O-])cc1-c1noc(CCN)n1. The van der Waals surface area contributed by atoms with E-state index in [1.807, 2.05) is 6.92 Å². The number of nitrogens with two attached hydrogens (primary N) is 1. The molecule has 0 fully saturated rings. The Balaban J connectivity index is 2.41. The van der Waals surface area contributed by atoms with Crippen molar-refractivity contribution in [3.63, 3.8) is 0 Å². The number of benzene rings is 1. The standard InChI is InChI=1S/C11H12N4O3/c1-7-2-3-8(15(16)17)6-9(7)11-13-10(4-5-12)18-14-11/h2-3,6H,4-5,12H2,1H3. The van der Waals surface area contributed by atoms with Crippen molar-refractivity contribution in [2.45, 2.75) is 13.3 Å². The van der Waals surface area contributed by atoms with E-state index in [0.717, 1.165) is 5.56 Å². The molecule has 0 saturated carbocycles. The number of aromatic nitrogens is 2. The van der Waals surface area contributed by atoms with Crippen LogP contribution >= 0.6 is 0 Å². The number of non-ortho nitro benzene ring substituents is 1. The molecule has 1 aromatic heterocycles. The summed E-state index contributed by atoms with van der Waals surface area (Å²) in [5.74, 6) is 0.776. The number of nitro groups is 1. The number of hydrogen-bond acceptors (Lipinski definition) is 6. The molecule has 1 heterocycles. The average Bonchev–Trinajstić information content (AvgIpc) is 2.78. The van der Waals surface area contributed by atoms with Gasteiger partial charge in [0.2, 0.25) is 11.7 Å². The molecule has 1 aromatic carbocycles. The summed E-state index contributed by atoms with van der Waals surface area (Å²) in [6.07, 6.45) is 0.487. The number of rotatable bonds is 4. The Morgan fingerprint density at radius 3 is 2.94 bits per heavy atom. The normalized spacial score (nSPS) is 10.6. The van der Waals surface area contributed by atoms with Gasteiger partial charge in [0.05, 0.1) is 4.92 Å². The minimum atomic E-state index is -0.455. The van der Waals surface area contributed by atoms with E-state index in [-0.39, 0.29) is 5.69 Å². The number of hydrogen-bond donors (Lipinski definition) is 1. The average molecular weight is 248 g/mol. The first-order chi connectivity index (χ1) is 8.61. The molecule has 0 atom stereocenters. The fourth-order valence-electron chi connectivity index (χ4n) is 1.55. The van der Waals surface area contributed by atoms with Gasteiger partial charge in [-0.1, -0.05) is 11.2 Å². The first-order valence-electron chi connectivity index (χ1n) is 5.40. The topological polar surface area (TPSA) is 108 Å². The van der Waals surface area contributed by atoms with E-state index >= 15 is 0 Å². The molecule has 0 radical (unpaired) electrons. The highest BCUT2D eigenvalue weighted by Gasteiger charge is 2.14. The van der Waals surface area contributed by atoms with E-state index in [0.29, 0.717) is 30.2 Å². The lowest BCUT2D eigenvalue weighted by Gasteiger charge is -2.00. The maximum atomic E-state index is 10.7. The van der Waals surface area contributed by atoms with Gasteiger partial charge in [-0.2, -0.15) is 4.98 Å². The van der Waals surface area contributed by atoms with Gasteiger partial charge in [0.1, 0.15) is 0 Å². The van der Waals surface area contributed by atoms with Crippen molar-refractivity contribution in [3.8, 4) is 11.4 Å². The zero-order chi connectivity index (χ0) is 13.1. The number of nitrogens with zero attached hydrogens (tertiary/aromatic N) is 3. The zero-order valence-electron chi connectivity index (χ0n) is 9.79. The summed E-state index contributed by atoms with van der Waals surface area (Å²) in [5.41, 5.74) is 6.83. The fourth-order valence-corrected chi connectivity index (χ4v) is 1.55. The van der Waals surface area contributed by atoms with Gasteiger partial charge in [-0.3, -0.25) is 10.1 Å². The molecular formula is C11H12N4O3. The molecule has 2 N–H and O–H groups in total. The van der Waals surface area contributed by atoms with Crippen LogP contribution in [0.5, 0.6) is 0 Å². The summed E-state index contributed by atoms with van der Waals surface area (Å²) in [7, 11) is 0. The lowest BCUT2D eigenvalue weighted by Crippen LogP contribution is -2.02. The molecule has 18 heavy (non-hydrogen) atoms. The highest BCUT2D eigenvalue weighted by molar-refractivity contribution is 5.63. The maximum absolute atomic E-state index is 10.7. The van der Waals surface area contributed by atoms with Crippen molar-refractivity contribution < 1.29 is 9.45 Å². The third kappa shape index (κ3) is 2.35. The molecule has 7 heteroatoms. The van der Waals surface area contributed by atoms with Crippen molar-refractivity contribution in [2.24, 2.45) is 5.73 Å². The van der Waals surface area contributed by atoms with E-state index in [1.54, 1.807) is 6.07 Å². The third-order valence-corrected chi connectivity index (χ3v) is 2.50. The van der Waals surface area contributed by atoms with Gasteiger partial charge < -0.3 is 10.3 Å². The van der Waals surface area contributed by atoms with Crippen LogP contribution in [0.15, 0.2) is 22.7 Å². The van der Waals surface area contributed by atoms with Crippen molar-refractivity contribution in [3.05, 3.63) is 39.8 Å². The zero-order valence-corrected chi connectivity index (χ0v) is 9.79. The van der Waals surface area contributed by atoms with Crippen LogP contribution < -0.4 is 5.73 Å². The van der Waals surface area contributed by atoms with Crippen LogP contribution in [0.25, 0.3) is 11.4 Å². The van der Waals surface area contributed by atoms with E-state index in [1.165, 1.54) is 12.1 Å². The minimum absolute atomic E-state index is 0.000717. The van der Waals surface area contributed by atoms with Crippen LogP contribution in [0, 0.1) is 17.0 Å². The third-order valence-electron chi connectivity index (χ3n) is 2.50. The minimum Gasteiger partial charge on any atom is -0.339 e. The van der Waals surface area contributed by atoms with Crippen LogP contribution in [-0.4, -0.2) is 21.6 Å². The fraction of sp³-hybridized carbons (Fsp3) is 0.273. The van der Waals surface area contributed by atoms with E-state index in [2.05, 4.69) is 10.1 Å². The van der Waals surface area contributed by atoms with Gasteiger partial charge in [0.25, 0.3) is 5.69 Å². The molecule has 0 saturated heterocycles. The van der Waals surface area contributed by atoms with Gasteiger partial charge in [0, 0.05) is 30.7 Å². The first-order valence-corrected chi connectivity index (χ1v) is 5.40. The highest BCUT2D eigenvalue weighted by atomic mass is 16.6. The Morgan fingerprint density at radius 1 is 1.50 bits per heavy atom. The molecule has 0 unspecified atom stereocenters. The second-order valence-electron chi connectivity index (χ2n) is 3.81. The number of aryl methyl sites for hydroxylation is 1. The quantitative estimate of drug-likeness (QED) is 0.648. The molecular weight excluding hydrogens is 236 g/mol. The van der Waals surface area contributed by atoms with Crippen molar-refractivity contribution in [1.29, 1.82) is 0 Å². The lowest BCUT2D eigenvalue weighted by atomic mass is 10.1. The van der Waals surface area contributed by atoms with E-state index < -0.39 is 4.92 Å². The van der Waals surface area contributed by atoms with Gasteiger partial charge in [-0.25, -0.2) is 0 Å². The largest absolute Gasteiger partial charge is 0.339 e. The summed E-state index contributed by atoms with van der Waals surface area (Å²) >= 11 is 0. The molecule has 0 aliphatic carbocycles. The van der Waals surface area contributed by atoms with Gasteiger partial charge in [0.15, 0.2) is 0 Å². The van der Waals surface area contributed by atoms with Crippen LogP contribution in [0.1, 0.15) is 11.5 Å². The number of nitro benzene ring substituents is 1. The Hall–Kier alpha value is -2.28. The van der Waals surface area contributed by atoms with Crippen LogP contribution in [0.2, 0.25) is 0 Å². The summed E-state index contributed by atoms with van der Waals surface area (Å²) < 4.78 is 5.00. The predicted octanol–water partition coefficient (Wildman–Crippen LogP) is 1.45. The molecule has 7 nitrogen and oxygen atoms in total. The molecule has 0 amide bonds. The smallest absolute Gasteiger partial charge is 0.270 e. The van der Waals surface area contributed by atoms with Crippen LogP contribution in [-0.2, 0) is 6.42 Å². The Bertz CT molecular complexity index is 579. The first kappa shape index (κ1) is 12.2. The van der Waals surface area contributed by atoms with E-state index in [4.69, 9.17) is 10.3 Å². The van der Waals surface area contributed by atoms with Crippen molar-refractivity contribution in [1.82, 2.24) is 10.1 Å². The Kier molecular flexibility index (Phi) is 3.33. The van der Waals surface area contributed by atoms with Gasteiger partial charge >= 0.3 is 0 Å². The molecule has 0 bridgehead atoms. The van der Waals surface area contributed by atoms with Crippen molar-refractivity contribution >= 4 is 5.69 Å². The Morgan fingerprint density at radius 2 is 2.28 bits per heavy atom. The maximum Gasteiger partial charge on any atom is 0.270 e. The molecule has 2 rings (SSSR count). The second kappa shape index (κ2) is 4.92. The predicted molar refractivity (Wildman–Crippen MR) is 63.9 cm³/mol. The van der Waals surface area contributed by atoms with Crippen LogP contribution in [0.3, 0.4) is 0 Å². The lowest BCUT2D eigenvalue weighted by molar-refractivity contribution is -0.384. The molecule has 94 valence electrons. The highest BCUT2D eigenvalue weighted by Crippen LogP contribution is 2.25. The second-order valence-corrected chi connectivity index (χ2v) is 3.81. The molecule has 0 aliphatic rings. The monoisotopic (exact) mass is 248 g/mol. The van der Waals surface area contributed by atoms with Gasteiger partial charge in [-0.05, 0) is 12.5 Å². The summed E-state index contributed by atoms with van der Waals surface area (Å²) in [6, 6.07) is 4.54. The Labute approximate surface area is 103 Å². The van der Waals surface area contributed by atoms with Crippen LogP contribution in [0.4, 0.5) is 5.69 Å². The van der Waals surface area contributed by atoms with Gasteiger partial charge in [-0.15, -0.1) is 0 Å². The van der Waals surface area contributed by atoms with Crippen molar-refractivity contribution in [2.75, 3.05) is 6.54 Å². The van der Waals surface area contributed by atoms with E-state index in [9.17, 15) is 10.1 Å². The summed E-state index contributed by atoms with van der Waals surface area (Å²) in [5, 5.41) is 14.5.